The third-order valence-electron chi connectivity index (χ3n) is 3.20. The van der Waals surface area contributed by atoms with Gasteiger partial charge in [-0.1, -0.05) is 5.16 Å². The van der Waals surface area contributed by atoms with Crippen molar-refractivity contribution in [3.8, 4) is 0 Å². The van der Waals surface area contributed by atoms with E-state index in [1.165, 1.54) is 0 Å². The van der Waals surface area contributed by atoms with Gasteiger partial charge in [0.2, 0.25) is 5.91 Å². The van der Waals surface area contributed by atoms with Crippen LogP contribution in [0.15, 0.2) is 10.6 Å². The summed E-state index contributed by atoms with van der Waals surface area (Å²) >= 11 is 0. The first-order valence-corrected chi connectivity index (χ1v) is 6.50. The van der Waals surface area contributed by atoms with Crippen molar-refractivity contribution in [3.63, 3.8) is 0 Å². The smallest absolute Gasteiger partial charge is 0.230 e. The normalized spacial score (nSPS) is 17.1. The summed E-state index contributed by atoms with van der Waals surface area (Å²) in [4.78, 5) is 13.9. The summed E-state index contributed by atoms with van der Waals surface area (Å²) in [5, 5.41) is 3.79. The van der Waals surface area contributed by atoms with Crippen molar-refractivity contribution in [1.82, 2.24) is 10.1 Å². The van der Waals surface area contributed by atoms with Gasteiger partial charge in [0.1, 0.15) is 5.76 Å². The number of carbonyl (C=O) groups excluding carboxylic acids is 1. The highest BCUT2D eigenvalue weighted by molar-refractivity contribution is 5.78. The van der Waals surface area contributed by atoms with Crippen molar-refractivity contribution in [2.75, 3.05) is 19.7 Å². The average Bonchev–Trinajstić information content (AvgIpc) is 2.76. The molecule has 0 bridgehead atoms. The molecule has 1 fully saturated rings. The number of hydrogen-bond acceptors (Lipinski definition) is 4. The number of aryl methyl sites for hydroxylation is 1. The van der Waals surface area contributed by atoms with Gasteiger partial charge in [0, 0.05) is 25.8 Å². The molecule has 0 N–H and O–H groups in total. The molecule has 1 aromatic rings. The van der Waals surface area contributed by atoms with Crippen LogP contribution in [0.1, 0.15) is 31.2 Å². The lowest BCUT2D eigenvalue weighted by Gasteiger charge is -2.31. The maximum absolute atomic E-state index is 12.0. The molecule has 5 nitrogen and oxygen atoms in total. The Morgan fingerprint density at radius 3 is 2.83 bits per heavy atom. The first-order chi connectivity index (χ1) is 8.69. The number of rotatable bonds is 4. The first kappa shape index (κ1) is 13.1. The number of aromatic nitrogens is 1. The van der Waals surface area contributed by atoms with Crippen LogP contribution >= 0.6 is 0 Å². The number of amides is 1. The van der Waals surface area contributed by atoms with Gasteiger partial charge >= 0.3 is 0 Å². The Morgan fingerprint density at radius 1 is 1.56 bits per heavy atom. The highest BCUT2D eigenvalue weighted by atomic mass is 16.5. The molecule has 2 heterocycles. The van der Waals surface area contributed by atoms with Crippen LogP contribution < -0.4 is 0 Å². The van der Waals surface area contributed by atoms with E-state index in [0.717, 1.165) is 38.2 Å². The lowest BCUT2D eigenvalue weighted by Crippen LogP contribution is -2.41. The van der Waals surface area contributed by atoms with Crippen LogP contribution in [0.3, 0.4) is 0 Å². The van der Waals surface area contributed by atoms with Gasteiger partial charge in [-0.25, -0.2) is 0 Å². The number of piperidine rings is 1. The van der Waals surface area contributed by atoms with E-state index < -0.39 is 0 Å². The second-order valence-electron chi connectivity index (χ2n) is 4.65. The zero-order chi connectivity index (χ0) is 13.0. The van der Waals surface area contributed by atoms with Crippen LogP contribution in [-0.2, 0) is 16.0 Å². The molecule has 1 amide bonds. The summed E-state index contributed by atoms with van der Waals surface area (Å²) in [6.45, 7) is 6.15. The molecule has 0 aliphatic carbocycles. The fourth-order valence-electron chi connectivity index (χ4n) is 2.27. The average molecular weight is 252 g/mol. The monoisotopic (exact) mass is 252 g/mol. The van der Waals surface area contributed by atoms with Crippen LogP contribution in [0.25, 0.3) is 0 Å². The van der Waals surface area contributed by atoms with Crippen LogP contribution in [-0.4, -0.2) is 41.8 Å². The van der Waals surface area contributed by atoms with Gasteiger partial charge in [-0.2, -0.15) is 0 Å². The van der Waals surface area contributed by atoms with Crippen molar-refractivity contribution in [1.29, 1.82) is 0 Å². The van der Waals surface area contributed by atoms with Gasteiger partial charge in [0.15, 0.2) is 0 Å². The van der Waals surface area contributed by atoms with Crippen LogP contribution in [0.4, 0.5) is 0 Å². The van der Waals surface area contributed by atoms with E-state index in [1.807, 2.05) is 24.8 Å². The van der Waals surface area contributed by atoms with E-state index >= 15 is 0 Å². The van der Waals surface area contributed by atoms with Gasteiger partial charge in [-0.05, 0) is 26.7 Å². The summed E-state index contributed by atoms with van der Waals surface area (Å²) < 4.78 is 10.6. The third-order valence-corrected chi connectivity index (χ3v) is 3.20. The maximum Gasteiger partial charge on any atom is 0.230 e. The number of likely N-dealkylation sites (tertiary alicyclic amines) is 1. The van der Waals surface area contributed by atoms with Crippen molar-refractivity contribution >= 4 is 5.91 Å². The zero-order valence-electron chi connectivity index (χ0n) is 11.0. The van der Waals surface area contributed by atoms with E-state index in [1.54, 1.807) is 0 Å². The topological polar surface area (TPSA) is 55.6 Å². The minimum Gasteiger partial charge on any atom is -0.378 e. The number of carbonyl (C=O) groups is 1. The second-order valence-corrected chi connectivity index (χ2v) is 4.65. The van der Waals surface area contributed by atoms with Crippen molar-refractivity contribution < 1.29 is 14.1 Å². The molecule has 0 atom stereocenters. The Balaban J connectivity index is 1.80. The predicted octanol–water partition coefficient (Wildman–Crippen LogP) is 1.55. The summed E-state index contributed by atoms with van der Waals surface area (Å²) in [6.07, 6.45) is 2.47. The summed E-state index contributed by atoms with van der Waals surface area (Å²) in [7, 11) is 0. The summed E-state index contributed by atoms with van der Waals surface area (Å²) in [6, 6.07) is 1.81. The fourth-order valence-corrected chi connectivity index (χ4v) is 2.27. The lowest BCUT2D eigenvalue weighted by molar-refractivity contribution is -0.133. The molecule has 0 saturated carbocycles. The van der Waals surface area contributed by atoms with E-state index in [-0.39, 0.29) is 5.91 Å². The number of hydrogen-bond donors (Lipinski definition) is 0. The Bertz CT molecular complexity index is 395. The zero-order valence-corrected chi connectivity index (χ0v) is 11.0. The minimum atomic E-state index is 0.112. The summed E-state index contributed by atoms with van der Waals surface area (Å²) in [5.74, 6) is 0.755. The number of ether oxygens (including phenoxy) is 1. The maximum atomic E-state index is 12.0. The molecular weight excluding hydrogens is 232 g/mol. The van der Waals surface area contributed by atoms with Crippen molar-refractivity contribution in [2.45, 2.75) is 39.2 Å². The summed E-state index contributed by atoms with van der Waals surface area (Å²) in [5.41, 5.74) is 0.813. The Hall–Kier alpha value is -1.36. The molecule has 0 unspecified atom stereocenters. The Morgan fingerprint density at radius 2 is 2.28 bits per heavy atom. The van der Waals surface area contributed by atoms with E-state index in [9.17, 15) is 4.79 Å². The molecule has 0 radical (unpaired) electrons. The highest BCUT2D eigenvalue weighted by Crippen LogP contribution is 2.15. The van der Waals surface area contributed by atoms with Gasteiger partial charge in [0.25, 0.3) is 0 Å². The van der Waals surface area contributed by atoms with Gasteiger partial charge < -0.3 is 14.2 Å². The van der Waals surface area contributed by atoms with Crippen LogP contribution in [0.5, 0.6) is 0 Å². The minimum absolute atomic E-state index is 0.112. The molecule has 1 aromatic heterocycles. The first-order valence-electron chi connectivity index (χ1n) is 6.50. The molecule has 5 heteroatoms. The number of nitrogens with zero attached hydrogens (tertiary/aromatic N) is 2. The molecule has 1 saturated heterocycles. The molecule has 2 rings (SSSR count). The van der Waals surface area contributed by atoms with Gasteiger partial charge in [-0.15, -0.1) is 0 Å². The quantitative estimate of drug-likeness (QED) is 0.816. The molecule has 0 spiro atoms. The largest absolute Gasteiger partial charge is 0.378 e. The lowest BCUT2D eigenvalue weighted by atomic mass is 10.1. The van der Waals surface area contributed by atoms with Gasteiger partial charge in [-0.3, -0.25) is 4.79 Å². The molecule has 1 aliphatic rings. The van der Waals surface area contributed by atoms with Crippen LogP contribution in [0.2, 0.25) is 0 Å². The molecule has 1 aliphatic heterocycles. The standard InChI is InChI=1S/C13H20N2O3/c1-3-17-11-4-6-15(7-5-11)13(16)9-12-8-10(2)14-18-12/h8,11H,3-7,9H2,1-2H3. The SMILES string of the molecule is CCOC1CCN(C(=O)Cc2cc(C)no2)CC1. The second kappa shape index (κ2) is 6.00. The fraction of sp³-hybridized carbons (Fsp3) is 0.692. The Labute approximate surface area is 107 Å². The van der Waals surface area contributed by atoms with E-state index in [2.05, 4.69) is 5.16 Å². The van der Waals surface area contributed by atoms with Crippen molar-refractivity contribution in [2.24, 2.45) is 0 Å². The highest BCUT2D eigenvalue weighted by Gasteiger charge is 2.23. The van der Waals surface area contributed by atoms with Gasteiger partial charge in [0.05, 0.1) is 18.2 Å². The van der Waals surface area contributed by atoms with Crippen LogP contribution in [0, 0.1) is 6.92 Å². The molecule has 0 aromatic carbocycles. The van der Waals surface area contributed by atoms with E-state index in [4.69, 9.17) is 9.26 Å². The predicted molar refractivity (Wildman–Crippen MR) is 66.2 cm³/mol. The van der Waals surface area contributed by atoms with E-state index in [0.29, 0.717) is 18.3 Å². The Kier molecular flexibility index (Phi) is 4.36. The molecule has 100 valence electrons. The van der Waals surface area contributed by atoms with Crippen molar-refractivity contribution in [3.05, 3.63) is 17.5 Å². The third kappa shape index (κ3) is 3.32. The molecule has 18 heavy (non-hydrogen) atoms. The molecular formula is C13H20N2O3.